The van der Waals surface area contributed by atoms with Crippen LogP contribution < -0.4 is 0 Å². The fourth-order valence-corrected chi connectivity index (χ4v) is 6.00. The third kappa shape index (κ3) is 5.67. The molecule has 0 atom stereocenters. The normalized spacial score (nSPS) is 11.1. The van der Waals surface area contributed by atoms with Crippen LogP contribution in [0.3, 0.4) is 0 Å². The van der Waals surface area contributed by atoms with Crippen LogP contribution in [0.1, 0.15) is 0 Å². The number of hydrogen-bond acceptors (Lipinski definition) is 8. The second-order valence-electron chi connectivity index (χ2n) is 11.6. The molecular formula is C40H24N6O4. The van der Waals surface area contributed by atoms with E-state index in [0.29, 0.717) is 56.0 Å². The van der Waals surface area contributed by atoms with Gasteiger partial charge >= 0.3 is 0 Å². The number of rotatable bonds is 7. The first-order chi connectivity index (χ1) is 24.4. The average Bonchev–Trinajstić information content (AvgIpc) is 3.17. The number of benzene rings is 6. The highest BCUT2D eigenvalue weighted by molar-refractivity contribution is 5.92. The maximum absolute atomic E-state index is 11.6. The van der Waals surface area contributed by atoms with Crippen molar-refractivity contribution in [1.82, 2.24) is 19.9 Å². The van der Waals surface area contributed by atoms with Crippen LogP contribution in [0, 0.1) is 20.2 Å². The molecule has 8 aromatic rings. The molecule has 0 unspecified atom stereocenters. The van der Waals surface area contributed by atoms with Crippen molar-refractivity contribution in [3.05, 3.63) is 166 Å². The first-order valence-corrected chi connectivity index (χ1v) is 15.7. The lowest BCUT2D eigenvalue weighted by Crippen LogP contribution is -1.97. The molecule has 0 N–H and O–H groups in total. The molecule has 0 aliphatic carbocycles. The highest BCUT2D eigenvalue weighted by atomic mass is 16.6. The van der Waals surface area contributed by atoms with E-state index in [1.807, 2.05) is 97.1 Å². The van der Waals surface area contributed by atoms with Crippen LogP contribution in [-0.2, 0) is 0 Å². The van der Waals surface area contributed by atoms with Crippen LogP contribution in [0.4, 0.5) is 11.4 Å². The van der Waals surface area contributed by atoms with Gasteiger partial charge in [-0.25, -0.2) is 19.9 Å². The SMILES string of the molecule is O=[N+]([O-])c1cccc(-c2nc3ccc(-c4ccc5nc(-c6ccccc6)c(-c6cccc([N+](=O)[O-])c6)nc5c4)cc3nc2-c2ccccc2)c1. The number of nitro groups is 2. The van der Waals surface area contributed by atoms with Crippen LogP contribution in [0.5, 0.6) is 0 Å². The van der Waals surface area contributed by atoms with Crippen molar-refractivity contribution < 1.29 is 9.85 Å². The van der Waals surface area contributed by atoms with Gasteiger partial charge in [-0.2, -0.15) is 0 Å². The van der Waals surface area contributed by atoms with Crippen LogP contribution in [0.2, 0.25) is 0 Å². The highest BCUT2D eigenvalue weighted by Crippen LogP contribution is 2.36. The minimum Gasteiger partial charge on any atom is -0.258 e. The van der Waals surface area contributed by atoms with Crippen molar-refractivity contribution in [1.29, 1.82) is 0 Å². The molecule has 2 heterocycles. The Morgan fingerprint density at radius 1 is 0.340 bits per heavy atom. The Hall–Kier alpha value is -7.20. The first-order valence-electron chi connectivity index (χ1n) is 15.7. The number of aromatic nitrogens is 4. The van der Waals surface area contributed by atoms with Crippen LogP contribution >= 0.6 is 0 Å². The molecule has 0 bridgehead atoms. The number of nitro benzene ring substituents is 2. The Morgan fingerprint density at radius 2 is 0.700 bits per heavy atom. The molecule has 0 saturated carbocycles. The summed E-state index contributed by atoms with van der Waals surface area (Å²) in [5.74, 6) is 0. The zero-order valence-corrected chi connectivity index (χ0v) is 26.2. The van der Waals surface area contributed by atoms with E-state index in [-0.39, 0.29) is 11.4 Å². The van der Waals surface area contributed by atoms with Crippen LogP contribution in [-0.4, -0.2) is 29.8 Å². The second kappa shape index (κ2) is 12.4. The van der Waals surface area contributed by atoms with Gasteiger partial charge in [-0.3, -0.25) is 20.2 Å². The van der Waals surface area contributed by atoms with Gasteiger partial charge in [-0.15, -0.1) is 0 Å². The van der Waals surface area contributed by atoms with E-state index in [0.717, 1.165) is 22.3 Å². The summed E-state index contributed by atoms with van der Waals surface area (Å²) in [4.78, 5) is 42.3. The van der Waals surface area contributed by atoms with Crippen molar-refractivity contribution in [3.63, 3.8) is 0 Å². The number of non-ortho nitro benzene ring substituents is 2. The third-order valence-corrected chi connectivity index (χ3v) is 8.42. The number of fused-ring (bicyclic) bond motifs is 2. The summed E-state index contributed by atoms with van der Waals surface area (Å²) in [6.07, 6.45) is 0. The molecule has 0 saturated heterocycles. The summed E-state index contributed by atoms with van der Waals surface area (Å²) >= 11 is 0. The Kier molecular flexibility index (Phi) is 7.50. The molecule has 10 nitrogen and oxygen atoms in total. The lowest BCUT2D eigenvalue weighted by molar-refractivity contribution is -0.385. The van der Waals surface area contributed by atoms with Gasteiger partial charge in [-0.05, 0) is 35.4 Å². The van der Waals surface area contributed by atoms with Crippen molar-refractivity contribution in [3.8, 4) is 56.2 Å². The summed E-state index contributed by atoms with van der Waals surface area (Å²) in [5, 5.41) is 23.2. The molecule has 0 aliphatic heterocycles. The summed E-state index contributed by atoms with van der Waals surface area (Å²) < 4.78 is 0. The fraction of sp³-hybridized carbons (Fsp3) is 0. The molecule has 0 aliphatic rings. The zero-order valence-electron chi connectivity index (χ0n) is 26.2. The number of nitrogens with zero attached hydrogens (tertiary/aromatic N) is 6. The van der Waals surface area contributed by atoms with Gasteiger partial charge in [0, 0.05) is 46.5 Å². The zero-order chi connectivity index (χ0) is 34.2. The molecule has 0 fully saturated rings. The summed E-state index contributed by atoms with van der Waals surface area (Å²) in [6, 6.07) is 43.7. The smallest absolute Gasteiger partial charge is 0.258 e. The maximum Gasteiger partial charge on any atom is 0.270 e. The molecular weight excluding hydrogens is 628 g/mol. The molecule has 2 aromatic heterocycles. The predicted molar refractivity (Wildman–Crippen MR) is 193 cm³/mol. The molecule has 238 valence electrons. The van der Waals surface area contributed by atoms with Gasteiger partial charge in [0.15, 0.2) is 0 Å². The predicted octanol–water partition coefficient (Wildman–Crippen LogP) is 9.72. The van der Waals surface area contributed by atoms with Crippen molar-refractivity contribution in [2.45, 2.75) is 0 Å². The molecule has 6 aromatic carbocycles. The maximum atomic E-state index is 11.6. The summed E-state index contributed by atoms with van der Waals surface area (Å²) in [5.41, 5.74) is 9.46. The van der Waals surface area contributed by atoms with Crippen molar-refractivity contribution >= 4 is 33.4 Å². The van der Waals surface area contributed by atoms with Gasteiger partial charge in [-0.1, -0.05) is 97.1 Å². The topological polar surface area (TPSA) is 138 Å². The van der Waals surface area contributed by atoms with Crippen molar-refractivity contribution in [2.75, 3.05) is 0 Å². The van der Waals surface area contributed by atoms with Gasteiger partial charge in [0.25, 0.3) is 11.4 Å². The third-order valence-electron chi connectivity index (χ3n) is 8.42. The lowest BCUT2D eigenvalue weighted by Gasteiger charge is -2.13. The average molecular weight is 653 g/mol. The Labute approximate surface area is 284 Å². The van der Waals surface area contributed by atoms with Gasteiger partial charge in [0.05, 0.1) is 54.7 Å². The van der Waals surface area contributed by atoms with E-state index in [1.165, 1.54) is 24.3 Å². The lowest BCUT2D eigenvalue weighted by atomic mass is 10.0. The second-order valence-corrected chi connectivity index (χ2v) is 11.6. The van der Waals surface area contributed by atoms with Crippen molar-refractivity contribution in [2.24, 2.45) is 0 Å². The van der Waals surface area contributed by atoms with E-state index in [2.05, 4.69) is 0 Å². The minimum absolute atomic E-state index is 0.0253. The van der Waals surface area contributed by atoms with E-state index in [9.17, 15) is 20.2 Å². The Balaban J connectivity index is 1.27. The van der Waals surface area contributed by atoms with E-state index < -0.39 is 9.85 Å². The molecule has 50 heavy (non-hydrogen) atoms. The first kappa shape index (κ1) is 30.2. The quantitative estimate of drug-likeness (QED) is 0.122. The summed E-state index contributed by atoms with van der Waals surface area (Å²) in [7, 11) is 0. The van der Waals surface area contributed by atoms with Gasteiger partial charge < -0.3 is 0 Å². The summed E-state index contributed by atoms with van der Waals surface area (Å²) in [6.45, 7) is 0. The van der Waals surface area contributed by atoms with Crippen LogP contribution in [0.15, 0.2) is 146 Å². The highest BCUT2D eigenvalue weighted by Gasteiger charge is 2.18. The standard InChI is InChI=1S/C40H24N6O4/c47-45(48)31-15-7-13-29(21-31)39-38(26-11-5-2-6-12-26)43-35-23-27(18-20-34(35)42-39)28-17-19-33-36(24-28)44-40(30-14-8-16-32(22-30)46(49)50)37(41-33)25-9-3-1-4-10-25/h1-24H. The largest absolute Gasteiger partial charge is 0.270 e. The molecule has 8 rings (SSSR count). The van der Waals surface area contributed by atoms with Gasteiger partial charge in [0.1, 0.15) is 0 Å². The van der Waals surface area contributed by atoms with Gasteiger partial charge in [0.2, 0.25) is 0 Å². The number of hydrogen-bond donors (Lipinski definition) is 0. The fourth-order valence-electron chi connectivity index (χ4n) is 6.00. The molecule has 10 heteroatoms. The minimum atomic E-state index is -0.421. The van der Waals surface area contributed by atoms with E-state index in [1.54, 1.807) is 24.3 Å². The molecule has 0 radical (unpaired) electrons. The monoisotopic (exact) mass is 652 g/mol. The van der Waals surface area contributed by atoms with Crippen LogP contribution in [0.25, 0.3) is 78.2 Å². The molecule has 0 spiro atoms. The Morgan fingerprint density at radius 3 is 1.10 bits per heavy atom. The molecule has 0 amide bonds. The van der Waals surface area contributed by atoms with E-state index >= 15 is 0 Å². The van der Waals surface area contributed by atoms with E-state index in [4.69, 9.17) is 19.9 Å². The Bertz CT molecular complexity index is 2610.